The predicted molar refractivity (Wildman–Crippen MR) is 129 cm³/mol. The quantitative estimate of drug-likeness (QED) is 0.442. The minimum atomic E-state index is -0.671. The van der Waals surface area contributed by atoms with Crippen LogP contribution < -0.4 is 0 Å². The number of aromatic hydroxyl groups is 1. The van der Waals surface area contributed by atoms with Crippen LogP contribution in [0.1, 0.15) is 48.8 Å². The Hall–Kier alpha value is -3.09. The van der Waals surface area contributed by atoms with Crippen molar-refractivity contribution in [3.63, 3.8) is 0 Å². The number of hydrogen-bond acceptors (Lipinski definition) is 5. The van der Waals surface area contributed by atoms with Gasteiger partial charge in [0.2, 0.25) is 0 Å². The van der Waals surface area contributed by atoms with Gasteiger partial charge in [0, 0.05) is 38.5 Å². The molecule has 0 aliphatic carbocycles. The fraction of sp³-hybridized carbons (Fsp3) is 0.370. The maximum absolute atomic E-state index is 12.8. The molecule has 0 aliphatic rings. The van der Waals surface area contributed by atoms with Crippen molar-refractivity contribution in [3.8, 4) is 5.75 Å². The van der Waals surface area contributed by atoms with Crippen LogP contribution in [0, 0.1) is 0 Å². The van der Waals surface area contributed by atoms with Crippen LogP contribution in [0.3, 0.4) is 0 Å². The molecule has 0 aliphatic heterocycles. The number of benzene rings is 2. The van der Waals surface area contributed by atoms with E-state index in [1.54, 1.807) is 31.5 Å². The van der Waals surface area contributed by atoms with Crippen molar-refractivity contribution in [3.05, 3.63) is 89.7 Å². The molecule has 0 amide bonds. The molecule has 0 radical (unpaired) electrons. The molecule has 0 spiro atoms. The highest BCUT2D eigenvalue weighted by Crippen LogP contribution is 2.24. The van der Waals surface area contributed by atoms with E-state index >= 15 is 0 Å². The molecule has 33 heavy (non-hydrogen) atoms. The largest absolute Gasteiger partial charge is 0.505 e. The molecule has 1 atom stereocenters. The third kappa shape index (κ3) is 7.20. The van der Waals surface area contributed by atoms with Gasteiger partial charge >= 0.3 is 5.97 Å². The van der Waals surface area contributed by atoms with Crippen molar-refractivity contribution in [1.29, 1.82) is 0 Å². The first-order chi connectivity index (χ1) is 15.8. The average Bonchev–Trinajstić information content (AvgIpc) is 3.13. The van der Waals surface area contributed by atoms with Crippen LogP contribution in [0.5, 0.6) is 5.75 Å². The number of aromatic nitrogens is 1. The van der Waals surface area contributed by atoms with Crippen LogP contribution in [0.2, 0.25) is 0 Å². The SMILES string of the molecule is CC(C)(C)OC(=O)c1c(O)ccn1C[C@H](CCO)N(Cc1ccccc1)Cc1ccccc1. The Kier molecular flexibility index (Phi) is 8.31. The maximum Gasteiger partial charge on any atom is 0.359 e. The van der Waals surface area contributed by atoms with Crippen LogP contribution in [0.25, 0.3) is 0 Å². The maximum atomic E-state index is 12.8. The summed E-state index contributed by atoms with van der Waals surface area (Å²) in [7, 11) is 0. The smallest absolute Gasteiger partial charge is 0.359 e. The first-order valence-electron chi connectivity index (χ1n) is 11.3. The van der Waals surface area contributed by atoms with Crippen LogP contribution in [0.15, 0.2) is 72.9 Å². The highest BCUT2D eigenvalue weighted by Gasteiger charge is 2.27. The molecule has 0 saturated carbocycles. The molecule has 0 bridgehead atoms. The van der Waals surface area contributed by atoms with E-state index in [2.05, 4.69) is 29.2 Å². The van der Waals surface area contributed by atoms with Crippen LogP contribution in [-0.4, -0.2) is 43.9 Å². The molecular weight excluding hydrogens is 416 g/mol. The third-order valence-electron chi connectivity index (χ3n) is 5.38. The van der Waals surface area contributed by atoms with Crippen LogP contribution >= 0.6 is 0 Å². The molecule has 176 valence electrons. The van der Waals surface area contributed by atoms with Crippen molar-refractivity contribution in [2.24, 2.45) is 0 Å². The summed E-state index contributed by atoms with van der Waals surface area (Å²) >= 11 is 0. The van der Waals surface area contributed by atoms with Gasteiger partial charge in [-0.3, -0.25) is 4.90 Å². The topological polar surface area (TPSA) is 74.9 Å². The minimum Gasteiger partial charge on any atom is -0.505 e. The standard InChI is InChI=1S/C27H34N2O4/c1-27(2,3)33-26(32)25-24(31)14-16-28(25)20-23(15-17-30)29(18-21-10-6-4-7-11-21)19-22-12-8-5-9-13-22/h4-14,16,23,30-31H,15,17-20H2,1-3H3/t23-/m0/s1. The average molecular weight is 451 g/mol. The van der Waals surface area contributed by atoms with Crippen molar-refractivity contribution in [2.75, 3.05) is 6.61 Å². The summed E-state index contributed by atoms with van der Waals surface area (Å²) < 4.78 is 7.24. The molecule has 0 unspecified atom stereocenters. The normalized spacial score (nSPS) is 12.6. The second kappa shape index (κ2) is 11.2. The van der Waals surface area contributed by atoms with Crippen LogP contribution in [-0.2, 0) is 24.4 Å². The number of hydrogen-bond donors (Lipinski definition) is 2. The first kappa shape index (κ1) is 24.6. The summed E-state index contributed by atoms with van der Waals surface area (Å²) in [5, 5.41) is 20.2. The lowest BCUT2D eigenvalue weighted by Crippen LogP contribution is -2.39. The third-order valence-corrected chi connectivity index (χ3v) is 5.38. The van der Waals surface area contributed by atoms with Crippen molar-refractivity contribution in [1.82, 2.24) is 9.47 Å². The van der Waals surface area contributed by atoms with Crippen LogP contribution in [0.4, 0.5) is 0 Å². The van der Waals surface area contributed by atoms with Gasteiger partial charge < -0.3 is 19.5 Å². The number of aliphatic hydroxyl groups is 1. The fourth-order valence-corrected chi connectivity index (χ4v) is 3.88. The molecule has 0 saturated heterocycles. The molecule has 1 heterocycles. The highest BCUT2D eigenvalue weighted by atomic mass is 16.6. The van der Waals surface area contributed by atoms with E-state index in [0.717, 1.165) is 0 Å². The van der Waals surface area contributed by atoms with E-state index in [-0.39, 0.29) is 24.1 Å². The van der Waals surface area contributed by atoms with E-state index in [1.165, 1.54) is 17.2 Å². The van der Waals surface area contributed by atoms with Gasteiger partial charge in [-0.15, -0.1) is 0 Å². The predicted octanol–water partition coefficient (Wildman–Crippen LogP) is 4.60. The van der Waals surface area contributed by atoms with E-state index < -0.39 is 11.6 Å². The lowest BCUT2D eigenvalue weighted by atomic mass is 10.1. The summed E-state index contributed by atoms with van der Waals surface area (Å²) in [6, 6.07) is 21.8. The monoisotopic (exact) mass is 450 g/mol. The molecule has 2 aromatic carbocycles. The number of ether oxygens (including phenoxy) is 1. The fourth-order valence-electron chi connectivity index (χ4n) is 3.88. The molecule has 6 heteroatoms. The minimum absolute atomic E-state index is 0.0137. The zero-order chi connectivity index (χ0) is 23.8. The number of aliphatic hydroxyl groups excluding tert-OH is 1. The highest BCUT2D eigenvalue weighted by molar-refractivity contribution is 5.91. The molecule has 0 fully saturated rings. The summed E-state index contributed by atoms with van der Waals surface area (Å²) in [5.74, 6) is -0.671. The zero-order valence-electron chi connectivity index (χ0n) is 19.6. The summed E-state index contributed by atoms with van der Waals surface area (Å²) in [6.07, 6.45) is 2.22. The number of esters is 1. The number of rotatable bonds is 10. The van der Waals surface area contributed by atoms with Gasteiger partial charge in [0.1, 0.15) is 11.4 Å². The van der Waals surface area contributed by atoms with Gasteiger partial charge in [0.25, 0.3) is 0 Å². The van der Waals surface area contributed by atoms with Gasteiger partial charge in [-0.25, -0.2) is 4.79 Å². The van der Waals surface area contributed by atoms with Crippen molar-refractivity contribution in [2.45, 2.75) is 58.5 Å². The Balaban J connectivity index is 1.90. The Bertz CT molecular complexity index is 968. The van der Waals surface area contributed by atoms with Gasteiger partial charge in [0.15, 0.2) is 5.69 Å². The van der Waals surface area contributed by atoms with Gasteiger partial charge in [-0.2, -0.15) is 0 Å². The molecule has 6 nitrogen and oxygen atoms in total. The van der Waals surface area contributed by atoms with E-state index in [1.807, 2.05) is 36.4 Å². The summed E-state index contributed by atoms with van der Waals surface area (Å²) in [4.78, 5) is 15.1. The first-order valence-corrected chi connectivity index (χ1v) is 11.3. The molecule has 1 aromatic heterocycles. The Morgan fingerprint density at radius 2 is 1.52 bits per heavy atom. The lowest BCUT2D eigenvalue weighted by Gasteiger charge is -2.32. The Labute approximate surface area is 196 Å². The Morgan fingerprint density at radius 1 is 0.970 bits per heavy atom. The second-order valence-corrected chi connectivity index (χ2v) is 9.25. The molecule has 2 N–H and O–H groups in total. The number of nitrogens with zero attached hydrogens (tertiary/aromatic N) is 2. The van der Waals surface area contributed by atoms with Crippen molar-refractivity contribution >= 4 is 5.97 Å². The lowest BCUT2D eigenvalue weighted by molar-refractivity contribution is 0.00521. The molecule has 3 rings (SSSR count). The van der Waals surface area contributed by atoms with E-state index in [0.29, 0.717) is 26.1 Å². The van der Waals surface area contributed by atoms with Crippen molar-refractivity contribution < 1.29 is 19.7 Å². The molecular formula is C27H34N2O4. The second-order valence-electron chi connectivity index (χ2n) is 9.25. The number of carbonyl (C=O) groups excluding carboxylic acids is 1. The van der Waals surface area contributed by atoms with E-state index in [4.69, 9.17) is 4.74 Å². The van der Waals surface area contributed by atoms with Gasteiger partial charge in [-0.1, -0.05) is 60.7 Å². The van der Waals surface area contributed by atoms with Gasteiger partial charge in [-0.05, 0) is 44.4 Å². The van der Waals surface area contributed by atoms with Gasteiger partial charge in [0.05, 0.1) is 0 Å². The molecule has 3 aromatic rings. The summed E-state index contributed by atoms with van der Waals surface area (Å²) in [5.41, 5.74) is 1.79. The number of carbonyl (C=O) groups is 1. The zero-order valence-corrected chi connectivity index (χ0v) is 19.6. The van der Waals surface area contributed by atoms with E-state index in [9.17, 15) is 15.0 Å². The Morgan fingerprint density at radius 3 is 2.00 bits per heavy atom. The summed E-state index contributed by atoms with van der Waals surface area (Å²) in [6.45, 7) is 7.21.